The van der Waals surface area contributed by atoms with E-state index in [-0.39, 0.29) is 6.04 Å². The zero-order valence-electron chi connectivity index (χ0n) is 12.5. The van der Waals surface area contributed by atoms with Crippen molar-refractivity contribution in [1.29, 1.82) is 0 Å². The molecular formula is C16H21N3OS. The molecule has 0 spiro atoms. The van der Waals surface area contributed by atoms with E-state index >= 15 is 0 Å². The van der Waals surface area contributed by atoms with E-state index in [9.17, 15) is 0 Å². The number of thioether (sulfide) groups is 1. The Morgan fingerprint density at radius 3 is 2.86 bits per heavy atom. The molecule has 1 saturated heterocycles. The van der Waals surface area contributed by atoms with E-state index in [1.165, 1.54) is 11.3 Å². The molecule has 4 nitrogen and oxygen atoms in total. The lowest BCUT2D eigenvalue weighted by Crippen LogP contribution is -2.30. The van der Waals surface area contributed by atoms with Crippen molar-refractivity contribution in [1.82, 2.24) is 15.5 Å². The first kappa shape index (κ1) is 14.6. The first-order valence-corrected chi connectivity index (χ1v) is 8.55. The summed E-state index contributed by atoms with van der Waals surface area (Å²) < 4.78 is 5.46. The molecule has 5 heteroatoms. The molecule has 1 aliphatic heterocycles. The Labute approximate surface area is 129 Å². The van der Waals surface area contributed by atoms with Crippen LogP contribution in [-0.2, 0) is 0 Å². The summed E-state index contributed by atoms with van der Waals surface area (Å²) in [6, 6.07) is 8.54. The maximum Gasteiger partial charge on any atom is 0.244 e. The zero-order valence-corrected chi connectivity index (χ0v) is 13.3. The number of hydrogen-bond donors (Lipinski definition) is 1. The van der Waals surface area contributed by atoms with Crippen LogP contribution >= 0.6 is 11.8 Å². The average Bonchev–Trinajstić information content (AvgIpc) is 2.98. The van der Waals surface area contributed by atoms with Crippen LogP contribution in [0.2, 0.25) is 0 Å². The Bertz CT molecular complexity index is 581. The van der Waals surface area contributed by atoms with Crippen molar-refractivity contribution in [3.05, 3.63) is 30.2 Å². The maximum atomic E-state index is 5.46. The van der Waals surface area contributed by atoms with Gasteiger partial charge in [-0.05, 0) is 55.3 Å². The molecule has 2 unspecified atom stereocenters. The van der Waals surface area contributed by atoms with E-state index in [1.807, 2.05) is 11.8 Å². The van der Waals surface area contributed by atoms with Gasteiger partial charge in [-0.2, -0.15) is 4.98 Å². The molecule has 0 bridgehead atoms. The number of aromatic nitrogens is 2. The van der Waals surface area contributed by atoms with Crippen LogP contribution in [-0.4, -0.2) is 22.4 Å². The molecule has 112 valence electrons. The highest BCUT2D eigenvalue weighted by molar-refractivity contribution is 7.99. The molecule has 0 radical (unpaired) electrons. The minimum absolute atomic E-state index is 0.199. The highest BCUT2D eigenvalue weighted by Crippen LogP contribution is 2.28. The van der Waals surface area contributed by atoms with Gasteiger partial charge in [-0.1, -0.05) is 19.0 Å². The number of piperidine rings is 1. The molecule has 21 heavy (non-hydrogen) atoms. The van der Waals surface area contributed by atoms with Crippen molar-refractivity contribution in [2.45, 2.75) is 37.6 Å². The molecule has 1 fully saturated rings. The van der Waals surface area contributed by atoms with Gasteiger partial charge in [0, 0.05) is 10.5 Å². The summed E-state index contributed by atoms with van der Waals surface area (Å²) >= 11 is 1.83. The highest BCUT2D eigenvalue weighted by atomic mass is 32.2. The molecular weight excluding hydrogens is 282 g/mol. The Morgan fingerprint density at radius 2 is 2.14 bits per heavy atom. The van der Waals surface area contributed by atoms with Crippen LogP contribution in [0, 0.1) is 5.92 Å². The lowest BCUT2D eigenvalue weighted by atomic mass is 9.94. The van der Waals surface area contributed by atoms with Crippen molar-refractivity contribution >= 4 is 11.8 Å². The van der Waals surface area contributed by atoms with Gasteiger partial charge in [0.1, 0.15) is 0 Å². The maximum absolute atomic E-state index is 5.46. The third-order valence-electron chi connectivity index (χ3n) is 3.83. The molecule has 1 aliphatic rings. The molecule has 0 saturated carbocycles. The van der Waals surface area contributed by atoms with Crippen LogP contribution in [0.5, 0.6) is 0 Å². The molecule has 2 aromatic rings. The predicted octanol–water partition coefficient (Wildman–Crippen LogP) is 3.91. The second-order valence-corrected chi connectivity index (χ2v) is 6.89. The fourth-order valence-electron chi connectivity index (χ4n) is 2.66. The third-order valence-corrected chi connectivity index (χ3v) is 4.72. The monoisotopic (exact) mass is 303 g/mol. The standard InChI is InChI=1S/C16H21N3OS/c1-3-21-13-6-4-12(5-7-13)15-18-16(20-19-15)14-10-11(2)8-9-17-14/h4-7,11,14,17H,3,8-10H2,1-2H3. The van der Waals surface area contributed by atoms with Gasteiger partial charge >= 0.3 is 0 Å². The topological polar surface area (TPSA) is 51.0 Å². The minimum Gasteiger partial charge on any atom is -0.337 e. The Morgan fingerprint density at radius 1 is 1.33 bits per heavy atom. The number of nitrogens with one attached hydrogen (secondary N) is 1. The van der Waals surface area contributed by atoms with Gasteiger partial charge in [0.05, 0.1) is 6.04 Å². The van der Waals surface area contributed by atoms with Crippen molar-refractivity contribution in [3.8, 4) is 11.4 Å². The van der Waals surface area contributed by atoms with Crippen molar-refractivity contribution in [3.63, 3.8) is 0 Å². The van der Waals surface area contributed by atoms with Gasteiger partial charge < -0.3 is 9.84 Å². The van der Waals surface area contributed by atoms with Gasteiger partial charge in [0.15, 0.2) is 0 Å². The Kier molecular flexibility index (Phi) is 4.60. The van der Waals surface area contributed by atoms with Crippen LogP contribution in [0.3, 0.4) is 0 Å². The van der Waals surface area contributed by atoms with Gasteiger partial charge in [0.2, 0.25) is 11.7 Å². The molecule has 2 atom stereocenters. The summed E-state index contributed by atoms with van der Waals surface area (Å²) in [6.07, 6.45) is 2.28. The molecule has 0 amide bonds. The second-order valence-electron chi connectivity index (χ2n) is 5.55. The Hall–Kier alpha value is -1.33. The molecule has 1 N–H and O–H groups in total. The van der Waals surface area contributed by atoms with Crippen molar-refractivity contribution in [2.75, 3.05) is 12.3 Å². The summed E-state index contributed by atoms with van der Waals surface area (Å²) in [4.78, 5) is 5.84. The summed E-state index contributed by atoms with van der Waals surface area (Å²) in [7, 11) is 0. The van der Waals surface area contributed by atoms with Gasteiger partial charge in [-0.15, -0.1) is 11.8 Å². The van der Waals surface area contributed by atoms with E-state index in [0.717, 1.165) is 24.3 Å². The fourth-order valence-corrected chi connectivity index (χ4v) is 3.32. The van der Waals surface area contributed by atoms with Crippen LogP contribution in [0.4, 0.5) is 0 Å². The van der Waals surface area contributed by atoms with E-state index in [0.29, 0.717) is 17.6 Å². The quantitative estimate of drug-likeness (QED) is 0.868. The predicted molar refractivity (Wildman–Crippen MR) is 85.3 cm³/mol. The summed E-state index contributed by atoms with van der Waals surface area (Å²) in [6.45, 7) is 5.45. The largest absolute Gasteiger partial charge is 0.337 e. The van der Waals surface area contributed by atoms with Crippen molar-refractivity contribution in [2.24, 2.45) is 5.92 Å². The number of benzene rings is 1. The van der Waals surface area contributed by atoms with Crippen LogP contribution in [0.1, 0.15) is 38.6 Å². The Balaban J connectivity index is 1.74. The van der Waals surface area contributed by atoms with E-state index in [2.05, 4.69) is 53.6 Å². The van der Waals surface area contributed by atoms with E-state index in [4.69, 9.17) is 4.52 Å². The number of rotatable bonds is 4. The van der Waals surface area contributed by atoms with Crippen LogP contribution in [0.15, 0.2) is 33.7 Å². The van der Waals surface area contributed by atoms with Crippen molar-refractivity contribution < 1.29 is 4.52 Å². The molecule has 1 aromatic carbocycles. The number of hydrogen-bond acceptors (Lipinski definition) is 5. The summed E-state index contributed by atoms with van der Waals surface area (Å²) in [5.74, 6) is 3.18. The lowest BCUT2D eigenvalue weighted by Gasteiger charge is -2.25. The third kappa shape index (κ3) is 3.47. The molecule has 2 heterocycles. The van der Waals surface area contributed by atoms with Crippen LogP contribution < -0.4 is 5.32 Å². The zero-order chi connectivity index (χ0) is 14.7. The smallest absolute Gasteiger partial charge is 0.244 e. The lowest BCUT2D eigenvalue weighted by molar-refractivity contribution is 0.260. The normalized spacial score (nSPS) is 22.4. The highest BCUT2D eigenvalue weighted by Gasteiger charge is 2.24. The van der Waals surface area contributed by atoms with Crippen LogP contribution in [0.25, 0.3) is 11.4 Å². The SMILES string of the molecule is CCSc1ccc(-c2noc(C3CC(C)CCN3)n2)cc1. The molecule has 1 aromatic heterocycles. The van der Waals surface area contributed by atoms with E-state index in [1.54, 1.807) is 0 Å². The first-order valence-electron chi connectivity index (χ1n) is 7.56. The fraction of sp³-hybridized carbons (Fsp3) is 0.500. The molecule has 3 rings (SSSR count). The minimum atomic E-state index is 0.199. The number of nitrogens with zero attached hydrogens (tertiary/aromatic N) is 2. The summed E-state index contributed by atoms with van der Waals surface area (Å²) in [5.41, 5.74) is 1.01. The summed E-state index contributed by atoms with van der Waals surface area (Å²) in [5, 5.41) is 7.59. The van der Waals surface area contributed by atoms with E-state index < -0.39 is 0 Å². The van der Waals surface area contributed by atoms with Gasteiger partial charge in [0.25, 0.3) is 0 Å². The molecule has 0 aliphatic carbocycles. The first-order chi connectivity index (χ1) is 10.3. The van der Waals surface area contributed by atoms with Gasteiger partial charge in [-0.3, -0.25) is 0 Å². The average molecular weight is 303 g/mol. The second kappa shape index (κ2) is 6.62. The van der Waals surface area contributed by atoms with Gasteiger partial charge in [-0.25, -0.2) is 0 Å².